The van der Waals surface area contributed by atoms with Crippen LogP contribution < -0.4 is 16.0 Å². The zero-order valence-electron chi connectivity index (χ0n) is 13.3. The maximum Gasteiger partial charge on any atom is 0.255 e. The molecule has 1 aliphatic rings. The molecule has 0 aromatic heterocycles. The maximum absolute atomic E-state index is 13.2. The molecule has 4 nitrogen and oxygen atoms in total. The number of amides is 1. The minimum atomic E-state index is -0.471. The zero-order chi connectivity index (χ0) is 18.0. The molecule has 7 heteroatoms. The molecular formula is C18H15ClFN3OS. The highest BCUT2D eigenvalue weighted by molar-refractivity contribution is 7.80. The average Bonchev–Trinajstić information content (AvgIpc) is 2.57. The maximum atomic E-state index is 13.2. The number of rotatable bonds is 3. The Hall–Kier alpha value is -2.44. The summed E-state index contributed by atoms with van der Waals surface area (Å²) >= 11 is 11.1. The molecule has 3 N–H and O–H groups in total. The second-order valence-electron chi connectivity index (χ2n) is 5.58. The highest BCUT2D eigenvalue weighted by Crippen LogP contribution is 2.28. The van der Waals surface area contributed by atoms with Gasteiger partial charge in [-0.15, -0.1) is 0 Å². The first-order valence-corrected chi connectivity index (χ1v) is 8.33. The van der Waals surface area contributed by atoms with E-state index in [2.05, 4.69) is 16.0 Å². The molecule has 1 atom stereocenters. The molecule has 1 unspecified atom stereocenters. The summed E-state index contributed by atoms with van der Waals surface area (Å²) in [6.07, 6.45) is 0. The third-order valence-electron chi connectivity index (χ3n) is 3.82. The number of hydrogen-bond donors (Lipinski definition) is 3. The van der Waals surface area contributed by atoms with Gasteiger partial charge in [-0.1, -0.05) is 23.7 Å². The number of hydrogen-bond acceptors (Lipinski definition) is 2. The molecule has 0 saturated carbocycles. The van der Waals surface area contributed by atoms with Crippen LogP contribution in [0.3, 0.4) is 0 Å². The third kappa shape index (κ3) is 3.97. The Morgan fingerprint density at radius 3 is 2.44 bits per heavy atom. The van der Waals surface area contributed by atoms with E-state index in [9.17, 15) is 9.18 Å². The minimum absolute atomic E-state index is 0.281. The van der Waals surface area contributed by atoms with E-state index in [1.54, 1.807) is 43.3 Å². The van der Waals surface area contributed by atoms with E-state index in [4.69, 9.17) is 23.8 Å². The fourth-order valence-corrected chi connectivity index (χ4v) is 3.03. The number of benzene rings is 2. The molecular weight excluding hydrogens is 361 g/mol. The van der Waals surface area contributed by atoms with Crippen molar-refractivity contribution in [3.63, 3.8) is 0 Å². The van der Waals surface area contributed by atoms with Gasteiger partial charge in [0, 0.05) is 16.4 Å². The van der Waals surface area contributed by atoms with E-state index in [0.29, 0.717) is 27.1 Å². The molecule has 0 bridgehead atoms. The van der Waals surface area contributed by atoms with Crippen molar-refractivity contribution in [2.24, 2.45) is 0 Å². The number of carbonyl (C=O) groups excluding carboxylic acids is 1. The topological polar surface area (TPSA) is 53.2 Å². The molecule has 0 spiro atoms. The Bertz CT molecular complexity index is 850. The third-order valence-corrected chi connectivity index (χ3v) is 4.29. The monoisotopic (exact) mass is 375 g/mol. The van der Waals surface area contributed by atoms with E-state index in [-0.39, 0.29) is 11.7 Å². The van der Waals surface area contributed by atoms with Crippen LogP contribution >= 0.6 is 23.8 Å². The summed E-state index contributed by atoms with van der Waals surface area (Å²) in [5.74, 6) is -0.621. The minimum Gasteiger partial charge on any atom is -0.351 e. The van der Waals surface area contributed by atoms with Crippen molar-refractivity contribution in [1.29, 1.82) is 0 Å². The van der Waals surface area contributed by atoms with Gasteiger partial charge in [0.1, 0.15) is 5.82 Å². The molecule has 1 aliphatic heterocycles. The summed E-state index contributed by atoms with van der Waals surface area (Å²) in [5.41, 5.74) is 2.49. The summed E-state index contributed by atoms with van der Waals surface area (Å²) in [6, 6.07) is 12.3. The van der Waals surface area contributed by atoms with Gasteiger partial charge in [-0.2, -0.15) is 0 Å². The van der Waals surface area contributed by atoms with Crippen molar-refractivity contribution in [3.8, 4) is 0 Å². The quantitative estimate of drug-likeness (QED) is 0.712. The smallest absolute Gasteiger partial charge is 0.255 e. The van der Waals surface area contributed by atoms with Gasteiger partial charge in [0.15, 0.2) is 5.11 Å². The number of thiocarbonyl (C=S) groups is 1. The van der Waals surface area contributed by atoms with Crippen molar-refractivity contribution in [3.05, 3.63) is 76.2 Å². The van der Waals surface area contributed by atoms with Crippen LogP contribution in [0.2, 0.25) is 5.02 Å². The molecule has 1 amide bonds. The second kappa shape index (κ2) is 7.21. The van der Waals surface area contributed by atoms with Gasteiger partial charge < -0.3 is 16.0 Å². The molecule has 128 valence electrons. The fourth-order valence-electron chi connectivity index (χ4n) is 2.63. The van der Waals surface area contributed by atoms with Gasteiger partial charge in [-0.05, 0) is 61.1 Å². The Morgan fingerprint density at radius 1 is 1.16 bits per heavy atom. The largest absolute Gasteiger partial charge is 0.351 e. The summed E-state index contributed by atoms with van der Waals surface area (Å²) < 4.78 is 13.2. The van der Waals surface area contributed by atoms with E-state index in [1.165, 1.54) is 12.1 Å². The van der Waals surface area contributed by atoms with Gasteiger partial charge in [0.05, 0.1) is 11.6 Å². The molecule has 2 aromatic carbocycles. The predicted molar refractivity (Wildman–Crippen MR) is 101 cm³/mol. The molecule has 0 radical (unpaired) electrons. The summed E-state index contributed by atoms with van der Waals surface area (Å²) in [7, 11) is 0. The molecule has 1 heterocycles. The van der Waals surface area contributed by atoms with Gasteiger partial charge in [-0.3, -0.25) is 4.79 Å². The lowest BCUT2D eigenvalue weighted by Crippen LogP contribution is -2.45. The van der Waals surface area contributed by atoms with Crippen LogP contribution in [0.25, 0.3) is 0 Å². The molecule has 0 saturated heterocycles. The summed E-state index contributed by atoms with van der Waals surface area (Å²) in [5, 5.41) is 9.87. The molecule has 3 rings (SSSR count). The van der Waals surface area contributed by atoms with Crippen molar-refractivity contribution >= 4 is 40.5 Å². The zero-order valence-corrected chi connectivity index (χ0v) is 14.8. The van der Waals surface area contributed by atoms with Gasteiger partial charge >= 0.3 is 0 Å². The number of anilines is 1. The van der Waals surface area contributed by atoms with E-state index in [1.807, 2.05) is 0 Å². The van der Waals surface area contributed by atoms with Crippen molar-refractivity contribution in [2.45, 2.75) is 13.0 Å². The number of allylic oxidation sites excluding steroid dienone is 1. The van der Waals surface area contributed by atoms with Crippen molar-refractivity contribution in [2.75, 3.05) is 5.32 Å². The van der Waals surface area contributed by atoms with Gasteiger partial charge in [-0.25, -0.2) is 4.39 Å². The molecule has 0 fully saturated rings. The molecule has 0 aliphatic carbocycles. The summed E-state index contributed by atoms with van der Waals surface area (Å²) in [4.78, 5) is 12.8. The number of carbonyl (C=O) groups is 1. The van der Waals surface area contributed by atoms with E-state index >= 15 is 0 Å². The first-order chi connectivity index (χ1) is 11.9. The van der Waals surface area contributed by atoms with Crippen molar-refractivity contribution < 1.29 is 9.18 Å². The van der Waals surface area contributed by atoms with Crippen molar-refractivity contribution in [1.82, 2.24) is 10.6 Å². The summed E-state index contributed by atoms with van der Waals surface area (Å²) in [6.45, 7) is 1.78. The average molecular weight is 376 g/mol. The Balaban J connectivity index is 1.92. The first kappa shape index (κ1) is 17.4. The van der Waals surface area contributed by atoms with Crippen LogP contribution in [0.4, 0.5) is 10.1 Å². The highest BCUT2D eigenvalue weighted by Gasteiger charge is 2.29. The predicted octanol–water partition coefficient (Wildman–Crippen LogP) is 3.91. The van der Waals surface area contributed by atoms with Crippen LogP contribution in [-0.2, 0) is 4.79 Å². The Morgan fingerprint density at radius 2 is 1.80 bits per heavy atom. The molecule has 25 heavy (non-hydrogen) atoms. The van der Waals surface area contributed by atoms with Gasteiger partial charge in [0.2, 0.25) is 0 Å². The first-order valence-electron chi connectivity index (χ1n) is 7.54. The Kier molecular flexibility index (Phi) is 5.01. The lowest BCUT2D eigenvalue weighted by atomic mass is 9.95. The number of nitrogens with one attached hydrogen (secondary N) is 3. The van der Waals surface area contributed by atoms with Crippen LogP contribution in [-0.4, -0.2) is 11.0 Å². The fraction of sp³-hybridized carbons (Fsp3) is 0.111. The lowest BCUT2D eigenvalue weighted by Gasteiger charge is -2.30. The van der Waals surface area contributed by atoms with E-state index in [0.717, 1.165) is 5.56 Å². The van der Waals surface area contributed by atoms with Crippen LogP contribution in [0.5, 0.6) is 0 Å². The SMILES string of the molecule is CC1=C(C(=O)Nc2ccc(Cl)cc2)C(c2ccc(F)cc2)NC(=S)N1. The standard InChI is InChI=1S/C18H15ClFN3OS/c1-10-15(17(24)22-14-8-4-12(19)5-9-14)16(23-18(25)21-10)11-2-6-13(20)7-3-11/h2-9,16H,1H3,(H,22,24)(H2,21,23,25). The normalized spacial score (nSPS) is 16.9. The second-order valence-corrected chi connectivity index (χ2v) is 6.43. The van der Waals surface area contributed by atoms with E-state index < -0.39 is 6.04 Å². The lowest BCUT2D eigenvalue weighted by molar-refractivity contribution is -0.113. The highest BCUT2D eigenvalue weighted by atomic mass is 35.5. The molecule has 2 aromatic rings. The van der Waals surface area contributed by atoms with Crippen LogP contribution in [0, 0.1) is 5.82 Å². The Labute approximate surface area is 155 Å². The number of halogens is 2. The van der Waals surface area contributed by atoms with Gasteiger partial charge in [0.25, 0.3) is 5.91 Å². The van der Waals surface area contributed by atoms with Crippen LogP contribution in [0.15, 0.2) is 59.8 Å². The van der Waals surface area contributed by atoms with Crippen LogP contribution in [0.1, 0.15) is 18.5 Å².